The van der Waals surface area contributed by atoms with Crippen molar-refractivity contribution in [2.75, 3.05) is 24.2 Å². The summed E-state index contributed by atoms with van der Waals surface area (Å²) in [6, 6.07) is 17.0. The van der Waals surface area contributed by atoms with Gasteiger partial charge in [-0.1, -0.05) is 74.0 Å². The molecule has 0 atom stereocenters. The van der Waals surface area contributed by atoms with E-state index in [4.69, 9.17) is 11.6 Å². The number of unbranched alkanes of at least 4 members (excludes halogenated alkanes) is 1. The van der Waals surface area contributed by atoms with Gasteiger partial charge in [-0.2, -0.15) is 13.0 Å². The van der Waals surface area contributed by atoms with E-state index < -0.39 is 10.1 Å². The number of nitrogens with zero attached hydrogens (tertiary/aromatic N) is 2. The fourth-order valence-electron chi connectivity index (χ4n) is 6.81. The van der Waals surface area contributed by atoms with Gasteiger partial charge in [0.05, 0.1) is 11.2 Å². The average Bonchev–Trinajstić information content (AvgIpc) is 3.27. The molecule has 5 rings (SSSR count). The first-order valence-electron chi connectivity index (χ1n) is 14.8. The number of hydrogen-bond acceptors (Lipinski definition) is 3. The predicted octanol–water partition coefficient (Wildman–Crippen LogP) is 8.20. The normalized spacial score (nSPS) is 21.6. The van der Waals surface area contributed by atoms with Crippen LogP contribution in [0.25, 0.3) is 0 Å². The number of fused-ring (bicyclic) bond motifs is 2. The molecule has 1 N–H and O–H groups in total. The number of para-hydroxylation sites is 2. The van der Waals surface area contributed by atoms with Gasteiger partial charge in [0.25, 0.3) is 10.1 Å². The Morgan fingerprint density at radius 3 is 2.33 bits per heavy atom. The minimum absolute atomic E-state index is 0.0828. The molecule has 222 valence electrons. The maximum Gasteiger partial charge on any atom is 0.264 e. The van der Waals surface area contributed by atoms with E-state index in [2.05, 4.69) is 111 Å². The van der Waals surface area contributed by atoms with E-state index in [0.717, 1.165) is 46.8 Å². The Labute approximate surface area is 256 Å². The highest BCUT2D eigenvalue weighted by Gasteiger charge is 2.42. The van der Waals surface area contributed by atoms with Crippen molar-refractivity contribution in [1.82, 2.24) is 0 Å². The second-order valence-corrected chi connectivity index (χ2v) is 14.6. The highest BCUT2D eigenvalue weighted by molar-refractivity contribution is 7.85. The molecule has 5 nitrogen and oxygen atoms in total. The van der Waals surface area contributed by atoms with Crippen LogP contribution >= 0.6 is 11.6 Å². The molecule has 1 aliphatic carbocycles. The molecule has 42 heavy (non-hydrogen) atoms. The second kappa shape index (κ2) is 11.6. The molecule has 2 aromatic rings. The summed E-state index contributed by atoms with van der Waals surface area (Å²) in [5.74, 6) is -0.218. The van der Waals surface area contributed by atoms with Crippen LogP contribution in [0.5, 0.6) is 0 Å². The predicted molar refractivity (Wildman–Crippen MR) is 175 cm³/mol. The Morgan fingerprint density at radius 2 is 1.62 bits per heavy atom. The summed E-state index contributed by atoms with van der Waals surface area (Å²) in [6.45, 7) is 9.69. The fourth-order valence-corrected chi connectivity index (χ4v) is 7.69. The molecule has 0 amide bonds. The molecule has 2 aliphatic heterocycles. The number of hydrogen-bond donors (Lipinski definition) is 1. The molecule has 0 radical (unpaired) electrons. The molecule has 0 unspecified atom stereocenters. The van der Waals surface area contributed by atoms with Crippen LogP contribution in [0.3, 0.4) is 0 Å². The first kappa shape index (κ1) is 30.5. The third-order valence-electron chi connectivity index (χ3n) is 9.11. The van der Waals surface area contributed by atoms with Crippen molar-refractivity contribution in [1.29, 1.82) is 0 Å². The van der Waals surface area contributed by atoms with Crippen molar-refractivity contribution in [3.63, 3.8) is 0 Å². The lowest BCUT2D eigenvalue weighted by molar-refractivity contribution is -0.401. The highest BCUT2D eigenvalue weighted by atomic mass is 35.5. The smallest absolute Gasteiger partial charge is 0.264 e. The van der Waals surface area contributed by atoms with E-state index >= 15 is 0 Å². The molecule has 0 spiro atoms. The van der Waals surface area contributed by atoms with Crippen LogP contribution in [-0.2, 0) is 20.9 Å². The maximum atomic E-state index is 11.2. The number of rotatable bonds is 8. The van der Waals surface area contributed by atoms with E-state index in [1.165, 1.54) is 22.5 Å². The van der Waals surface area contributed by atoms with Crippen LogP contribution in [0.1, 0.15) is 70.9 Å². The van der Waals surface area contributed by atoms with Gasteiger partial charge >= 0.3 is 0 Å². The summed E-state index contributed by atoms with van der Waals surface area (Å²) in [5.41, 5.74) is 9.42. The van der Waals surface area contributed by atoms with Crippen molar-refractivity contribution in [2.24, 2.45) is 0 Å². The van der Waals surface area contributed by atoms with Gasteiger partial charge in [0.15, 0.2) is 5.71 Å². The number of halogens is 1. The minimum Gasteiger partial charge on any atom is -0.344 e. The largest absolute Gasteiger partial charge is 0.344 e. The summed E-state index contributed by atoms with van der Waals surface area (Å²) in [7, 11) is -1.82. The summed E-state index contributed by atoms with van der Waals surface area (Å²) >= 11 is 7.07. The monoisotopic (exact) mass is 605 g/mol. The molecule has 0 bridgehead atoms. The van der Waals surface area contributed by atoms with Gasteiger partial charge in [0.2, 0.25) is 5.69 Å². The Morgan fingerprint density at radius 1 is 0.929 bits per heavy atom. The van der Waals surface area contributed by atoms with Crippen LogP contribution in [0.15, 0.2) is 94.7 Å². The molecule has 2 aromatic carbocycles. The lowest BCUT2D eigenvalue weighted by atomic mass is 9.81. The third-order valence-corrected chi connectivity index (χ3v) is 10.4. The summed E-state index contributed by atoms with van der Waals surface area (Å²) < 4.78 is 33.9. The van der Waals surface area contributed by atoms with Crippen LogP contribution in [0.2, 0.25) is 0 Å². The van der Waals surface area contributed by atoms with E-state index in [1.807, 2.05) is 6.07 Å². The molecule has 3 aliphatic rings. The summed E-state index contributed by atoms with van der Waals surface area (Å²) in [5, 5.41) is 0.832. The average molecular weight is 606 g/mol. The first-order chi connectivity index (χ1) is 19.8. The zero-order chi connectivity index (χ0) is 30.3. The van der Waals surface area contributed by atoms with Crippen molar-refractivity contribution < 1.29 is 17.5 Å². The molecule has 0 saturated carbocycles. The lowest BCUT2D eigenvalue weighted by Gasteiger charge is -2.27. The number of benzene rings is 2. The van der Waals surface area contributed by atoms with Crippen molar-refractivity contribution in [2.45, 2.75) is 70.6 Å². The Hall–Kier alpha value is -2.93. The van der Waals surface area contributed by atoms with Crippen molar-refractivity contribution >= 4 is 38.8 Å². The molecule has 0 saturated heterocycles. The molecule has 0 aromatic heterocycles. The SMILES string of the molecule is C[N+]1=C(/C=C\C2=C(Cl)C(=C/C=C3/N(CCCCS(=O)(=O)O)c4ccccc4C3(C)C)/CCC2)C(C)(C)c2ccccc21. The number of allylic oxidation sites excluding steroid dienone is 8. The standard InChI is InChI=1S/C35H41ClN2O3S/c1-34(2)27-15-6-8-17-29(27)37(5)31(34)21-19-25-13-12-14-26(33(25)36)20-22-32-35(3,4)28-16-7-9-18-30(28)38(32)23-10-11-24-42(39,40)41/h6-9,15-22H,10-14,23-24H2,1-5H3/p+1. The van der Waals surface area contributed by atoms with Crippen LogP contribution in [0, 0.1) is 0 Å². The minimum atomic E-state index is -3.96. The first-order valence-corrected chi connectivity index (χ1v) is 16.8. The third kappa shape index (κ3) is 5.82. The zero-order valence-electron chi connectivity index (χ0n) is 25.3. The van der Waals surface area contributed by atoms with Gasteiger partial charge in [0, 0.05) is 46.1 Å². The zero-order valence-corrected chi connectivity index (χ0v) is 26.9. The highest BCUT2D eigenvalue weighted by Crippen LogP contribution is 2.48. The quantitative estimate of drug-likeness (QED) is 0.187. The van der Waals surface area contributed by atoms with E-state index in [-0.39, 0.29) is 16.6 Å². The van der Waals surface area contributed by atoms with E-state index in [0.29, 0.717) is 19.4 Å². The molecule has 2 heterocycles. The van der Waals surface area contributed by atoms with Gasteiger partial charge in [-0.05, 0) is 74.8 Å². The molecule has 0 fully saturated rings. The van der Waals surface area contributed by atoms with Gasteiger partial charge < -0.3 is 4.90 Å². The van der Waals surface area contributed by atoms with Crippen molar-refractivity contribution in [3.8, 4) is 0 Å². The lowest BCUT2D eigenvalue weighted by Crippen LogP contribution is -2.27. The number of anilines is 1. The van der Waals surface area contributed by atoms with Crippen LogP contribution in [0.4, 0.5) is 11.4 Å². The van der Waals surface area contributed by atoms with Gasteiger partial charge in [-0.25, -0.2) is 0 Å². The van der Waals surface area contributed by atoms with Gasteiger partial charge in [-0.3, -0.25) is 4.55 Å². The Bertz CT molecular complexity index is 1660. The van der Waals surface area contributed by atoms with E-state index in [1.54, 1.807) is 0 Å². The van der Waals surface area contributed by atoms with E-state index in [9.17, 15) is 13.0 Å². The van der Waals surface area contributed by atoms with Crippen molar-refractivity contribution in [3.05, 3.63) is 106 Å². The summed E-state index contributed by atoms with van der Waals surface area (Å²) in [6.07, 6.45) is 12.8. The molecule has 7 heteroatoms. The van der Waals surface area contributed by atoms with Crippen LogP contribution < -0.4 is 4.90 Å². The second-order valence-electron chi connectivity index (χ2n) is 12.6. The van der Waals surface area contributed by atoms with Crippen LogP contribution in [-0.4, -0.2) is 42.6 Å². The fraction of sp³-hybridized carbons (Fsp3) is 0.400. The maximum absolute atomic E-state index is 11.2. The Balaban J connectivity index is 1.43. The topological polar surface area (TPSA) is 60.6 Å². The summed E-state index contributed by atoms with van der Waals surface area (Å²) in [4.78, 5) is 2.30. The molecular formula is C35H42ClN2O3S+. The Kier molecular flexibility index (Phi) is 8.45. The van der Waals surface area contributed by atoms with Gasteiger partial charge in [0.1, 0.15) is 7.05 Å². The molecular weight excluding hydrogens is 564 g/mol. The van der Waals surface area contributed by atoms with Gasteiger partial charge in [-0.15, -0.1) is 0 Å².